The Labute approximate surface area is 195 Å². The SMILES string of the molecule is [C-]#[N+]c1cc(NC(=O)N2CCc3nn4c(c3C2)C(=O)N(C)CC(CCCC(F)F)C4)ccc1F. The van der Waals surface area contributed by atoms with E-state index in [1.165, 1.54) is 12.1 Å². The lowest BCUT2D eigenvalue weighted by Gasteiger charge is -2.27. The molecule has 1 aromatic carbocycles. The van der Waals surface area contributed by atoms with Crippen molar-refractivity contribution >= 4 is 23.3 Å². The molecule has 3 heterocycles. The molecule has 0 spiro atoms. The number of anilines is 1. The summed E-state index contributed by atoms with van der Waals surface area (Å²) >= 11 is 0. The number of hydrogen-bond donors (Lipinski definition) is 1. The first-order valence-corrected chi connectivity index (χ1v) is 11.1. The van der Waals surface area contributed by atoms with Gasteiger partial charge in [-0.05, 0) is 37.0 Å². The van der Waals surface area contributed by atoms with Crippen molar-refractivity contribution in [1.29, 1.82) is 0 Å². The lowest BCUT2D eigenvalue weighted by Crippen LogP contribution is -2.39. The number of alkyl halides is 2. The molecule has 1 atom stereocenters. The summed E-state index contributed by atoms with van der Waals surface area (Å²) < 4.78 is 40.3. The van der Waals surface area contributed by atoms with Crippen molar-refractivity contribution in [1.82, 2.24) is 19.6 Å². The fourth-order valence-corrected chi connectivity index (χ4v) is 4.55. The van der Waals surface area contributed by atoms with Crippen LogP contribution in [0.1, 0.15) is 41.0 Å². The highest BCUT2D eigenvalue weighted by atomic mass is 19.3. The minimum atomic E-state index is -2.34. The predicted octanol–water partition coefficient (Wildman–Crippen LogP) is 4.30. The Morgan fingerprint density at radius 2 is 2.15 bits per heavy atom. The summed E-state index contributed by atoms with van der Waals surface area (Å²) in [5.41, 5.74) is 2.00. The summed E-state index contributed by atoms with van der Waals surface area (Å²) in [6.07, 6.45) is -1.07. The van der Waals surface area contributed by atoms with Crippen molar-refractivity contribution in [3.05, 3.63) is 52.4 Å². The third-order valence-corrected chi connectivity index (χ3v) is 6.25. The molecule has 2 aromatic rings. The first kappa shape index (κ1) is 23.6. The van der Waals surface area contributed by atoms with E-state index in [9.17, 15) is 22.8 Å². The molecule has 0 bridgehead atoms. The van der Waals surface area contributed by atoms with Crippen LogP contribution in [-0.4, -0.2) is 58.1 Å². The van der Waals surface area contributed by atoms with Crippen molar-refractivity contribution < 1.29 is 22.8 Å². The largest absolute Gasteiger partial charge is 0.340 e. The van der Waals surface area contributed by atoms with Gasteiger partial charge in [0.15, 0.2) is 0 Å². The Bertz CT molecular complexity index is 1140. The molecule has 180 valence electrons. The molecule has 0 saturated carbocycles. The molecule has 3 amide bonds. The highest BCUT2D eigenvalue weighted by molar-refractivity contribution is 5.95. The number of carbonyl (C=O) groups is 2. The number of carbonyl (C=O) groups excluding carboxylic acids is 2. The number of halogens is 3. The number of amides is 3. The zero-order valence-corrected chi connectivity index (χ0v) is 18.7. The molecular formula is C23H25F3N6O2. The molecule has 2 aliphatic heterocycles. The molecule has 0 aliphatic carbocycles. The van der Waals surface area contributed by atoms with Crippen LogP contribution in [0.5, 0.6) is 0 Å². The molecule has 1 aromatic heterocycles. The van der Waals surface area contributed by atoms with Crippen LogP contribution < -0.4 is 5.32 Å². The zero-order valence-electron chi connectivity index (χ0n) is 18.7. The Balaban J connectivity index is 1.50. The number of benzene rings is 1. The zero-order chi connectivity index (χ0) is 24.4. The fraction of sp³-hybridized carbons (Fsp3) is 0.478. The van der Waals surface area contributed by atoms with Gasteiger partial charge in [-0.2, -0.15) is 5.10 Å². The van der Waals surface area contributed by atoms with Crippen LogP contribution in [-0.2, 0) is 19.5 Å². The maximum absolute atomic E-state index is 13.6. The predicted molar refractivity (Wildman–Crippen MR) is 118 cm³/mol. The summed E-state index contributed by atoms with van der Waals surface area (Å²) in [6, 6.07) is 3.36. The van der Waals surface area contributed by atoms with Gasteiger partial charge in [-0.15, -0.1) is 0 Å². The van der Waals surface area contributed by atoms with Gasteiger partial charge in [0.25, 0.3) is 5.91 Å². The molecule has 0 fully saturated rings. The number of nitrogens with one attached hydrogen (secondary N) is 1. The number of rotatable bonds is 5. The quantitative estimate of drug-likeness (QED) is 0.657. The van der Waals surface area contributed by atoms with Crippen LogP contribution in [0, 0.1) is 18.3 Å². The standard InChI is InChI=1S/C23H25F3N6O2/c1-27-19-10-15(6-7-17(19)24)28-23(34)31-9-8-18-16(13-31)21-22(33)30(2)11-14(12-32(21)29-18)4-3-5-20(25)26/h6-7,10,14,20H,3-5,8-9,11-13H2,2H3,(H,28,34). The number of urea groups is 1. The summed E-state index contributed by atoms with van der Waals surface area (Å²) in [5.74, 6) is -0.842. The Morgan fingerprint density at radius 3 is 2.88 bits per heavy atom. The van der Waals surface area contributed by atoms with Crippen LogP contribution in [0.4, 0.5) is 29.3 Å². The van der Waals surface area contributed by atoms with Crippen LogP contribution in [0.3, 0.4) is 0 Å². The van der Waals surface area contributed by atoms with Gasteiger partial charge in [-0.3, -0.25) is 9.48 Å². The second-order valence-corrected chi connectivity index (χ2v) is 8.71. The average molecular weight is 474 g/mol. The molecule has 8 nitrogen and oxygen atoms in total. The van der Waals surface area contributed by atoms with E-state index in [1.54, 1.807) is 21.5 Å². The number of hydrogen-bond acceptors (Lipinski definition) is 3. The Morgan fingerprint density at radius 1 is 1.35 bits per heavy atom. The van der Waals surface area contributed by atoms with Gasteiger partial charge in [0.2, 0.25) is 12.1 Å². The maximum atomic E-state index is 13.6. The first-order chi connectivity index (χ1) is 16.3. The summed E-state index contributed by atoms with van der Waals surface area (Å²) in [6.45, 7) is 8.50. The lowest BCUT2D eigenvalue weighted by atomic mass is 10.0. The second kappa shape index (κ2) is 9.75. The molecule has 34 heavy (non-hydrogen) atoms. The first-order valence-electron chi connectivity index (χ1n) is 11.1. The van der Waals surface area contributed by atoms with Crippen LogP contribution in [0.15, 0.2) is 18.2 Å². The van der Waals surface area contributed by atoms with Gasteiger partial charge < -0.3 is 15.1 Å². The summed E-state index contributed by atoms with van der Waals surface area (Å²) in [4.78, 5) is 32.2. The normalized spacial score (nSPS) is 17.8. The van der Waals surface area contributed by atoms with Crippen molar-refractivity contribution in [2.24, 2.45) is 5.92 Å². The molecule has 1 N–H and O–H groups in total. The van der Waals surface area contributed by atoms with Crippen LogP contribution in [0.25, 0.3) is 4.85 Å². The van der Waals surface area contributed by atoms with Crippen molar-refractivity contribution in [3.8, 4) is 0 Å². The van der Waals surface area contributed by atoms with E-state index < -0.39 is 18.3 Å². The van der Waals surface area contributed by atoms with Gasteiger partial charge in [0, 0.05) is 50.8 Å². The van der Waals surface area contributed by atoms with Crippen LogP contribution >= 0.6 is 0 Å². The topological polar surface area (TPSA) is 74.8 Å². The second-order valence-electron chi connectivity index (χ2n) is 8.71. The van der Waals surface area contributed by atoms with E-state index in [4.69, 9.17) is 6.57 Å². The number of aromatic nitrogens is 2. The molecule has 2 aliphatic rings. The van der Waals surface area contributed by atoms with Gasteiger partial charge in [-0.25, -0.2) is 22.8 Å². The molecular weight excluding hydrogens is 449 g/mol. The van der Waals surface area contributed by atoms with E-state index in [-0.39, 0.29) is 30.5 Å². The van der Waals surface area contributed by atoms with Gasteiger partial charge >= 0.3 is 6.03 Å². The summed E-state index contributed by atoms with van der Waals surface area (Å²) in [7, 11) is 1.69. The molecule has 0 saturated heterocycles. The van der Waals surface area contributed by atoms with E-state index in [2.05, 4.69) is 15.3 Å². The molecule has 11 heteroatoms. The fourth-order valence-electron chi connectivity index (χ4n) is 4.55. The van der Waals surface area contributed by atoms with Crippen LogP contribution in [0.2, 0.25) is 0 Å². The van der Waals surface area contributed by atoms with Crippen molar-refractivity contribution in [2.75, 3.05) is 25.5 Å². The Hall–Kier alpha value is -3.55. The molecule has 1 unspecified atom stereocenters. The summed E-state index contributed by atoms with van der Waals surface area (Å²) in [5, 5.41) is 7.31. The number of nitrogens with zero attached hydrogens (tertiary/aromatic N) is 5. The highest BCUT2D eigenvalue weighted by Crippen LogP contribution is 2.29. The van der Waals surface area contributed by atoms with Crippen molar-refractivity contribution in [2.45, 2.75) is 45.2 Å². The monoisotopic (exact) mass is 474 g/mol. The smallest absolute Gasteiger partial charge is 0.322 e. The molecule has 0 radical (unpaired) electrons. The molecule has 4 rings (SSSR count). The minimum absolute atomic E-state index is 0.0184. The Kier molecular flexibility index (Phi) is 6.77. The third-order valence-electron chi connectivity index (χ3n) is 6.25. The van der Waals surface area contributed by atoms with E-state index >= 15 is 0 Å². The number of fused-ring (bicyclic) bond motifs is 3. The van der Waals surface area contributed by atoms with E-state index in [0.717, 1.165) is 11.8 Å². The van der Waals surface area contributed by atoms with E-state index in [0.29, 0.717) is 55.8 Å². The lowest BCUT2D eigenvalue weighted by molar-refractivity contribution is 0.0773. The average Bonchev–Trinajstić information content (AvgIpc) is 3.10. The van der Waals surface area contributed by atoms with E-state index in [1.807, 2.05) is 0 Å². The highest BCUT2D eigenvalue weighted by Gasteiger charge is 2.34. The van der Waals surface area contributed by atoms with Crippen molar-refractivity contribution in [3.63, 3.8) is 0 Å². The van der Waals surface area contributed by atoms with Gasteiger partial charge in [0.05, 0.1) is 18.8 Å². The minimum Gasteiger partial charge on any atom is -0.340 e. The van der Waals surface area contributed by atoms with Gasteiger partial charge in [0.1, 0.15) is 11.5 Å². The maximum Gasteiger partial charge on any atom is 0.322 e. The third kappa shape index (κ3) is 4.85. The van der Waals surface area contributed by atoms with Gasteiger partial charge in [-0.1, -0.05) is 0 Å².